The Hall–Kier alpha value is -0.390. The second-order valence-corrected chi connectivity index (χ2v) is 7.25. The maximum Gasteiger partial charge on any atom is 0.150 e. The molecule has 0 aliphatic carbocycles. The van der Waals surface area contributed by atoms with Gasteiger partial charge in [-0.25, -0.2) is 8.42 Å². The van der Waals surface area contributed by atoms with Crippen molar-refractivity contribution in [2.24, 2.45) is 0 Å². The quantitative estimate of drug-likeness (QED) is 0.875. The molecule has 5 heteroatoms. The predicted octanol–water partition coefficient (Wildman–Crippen LogP) is 2.35. The van der Waals surface area contributed by atoms with Gasteiger partial charge in [0.05, 0.1) is 5.75 Å². The lowest BCUT2D eigenvalue weighted by Crippen LogP contribution is -2.14. The van der Waals surface area contributed by atoms with Crippen molar-refractivity contribution in [2.45, 2.75) is 19.3 Å². The van der Waals surface area contributed by atoms with Crippen LogP contribution in [0.5, 0.6) is 0 Å². The van der Waals surface area contributed by atoms with E-state index in [0.29, 0.717) is 6.42 Å². The standard InChI is InChI=1S/C12H17BrO3S/c1-2-17(15,16)8-7-10(9-14)11-5-3-4-6-12(11)13/h3-6,10,14H,2,7-9H2,1H3. The zero-order valence-corrected chi connectivity index (χ0v) is 12.2. The van der Waals surface area contributed by atoms with Gasteiger partial charge in [0.2, 0.25) is 0 Å². The van der Waals surface area contributed by atoms with E-state index in [4.69, 9.17) is 0 Å². The summed E-state index contributed by atoms with van der Waals surface area (Å²) in [5, 5.41) is 9.36. The summed E-state index contributed by atoms with van der Waals surface area (Å²) in [5.74, 6) is 0.142. The monoisotopic (exact) mass is 320 g/mol. The van der Waals surface area contributed by atoms with Crippen molar-refractivity contribution in [3.05, 3.63) is 34.3 Å². The summed E-state index contributed by atoms with van der Waals surface area (Å²) in [7, 11) is -2.97. The fraction of sp³-hybridized carbons (Fsp3) is 0.500. The molecule has 1 atom stereocenters. The highest BCUT2D eigenvalue weighted by molar-refractivity contribution is 9.10. The summed E-state index contributed by atoms with van der Waals surface area (Å²) in [6.07, 6.45) is 0.454. The summed E-state index contributed by atoms with van der Waals surface area (Å²) >= 11 is 3.41. The molecule has 0 bridgehead atoms. The van der Waals surface area contributed by atoms with Crippen LogP contribution in [0.1, 0.15) is 24.8 Å². The maximum absolute atomic E-state index is 11.4. The van der Waals surface area contributed by atoms with Crippen LogP contribution in [0.3, 0.4) is 0 Å². The lowest BCUT2D eigenvalue weighted by molar-refractivity contribution is 0.262. The van der Waals surface area contributed by atoms with Gasteiger partial charge in [-0.1, -0.05) is 41.1 Å². The third-order valence-corrected chi connectivity index (χ3v) is 5.24. The molecule has 1 aromatic rings. The molecule has 1 N–H and O–H groups in total. The normalized spacial score (nSPS) is 13.6. The summed E-state index contributed by atoms with van der Waals surface area (Å²) in [4.78, 5) is 0. The Labute approximate surface area is 111 Å². The Balaban J connectivity index is 2.77. The average Bonchev–Trinajstić information content (AvgIpc) is 2.32. The van der Waals surface area contributed by atoms with E-state index in [0.717, 1.165) is 10.0 Å². The first kappa shape index (κ1) is 14.7. The van der Waals surface area contributed by atoms with Crippen molar-refractivity contribution in [1.82, 2.24) is 0 Å². The smallest absolute Gasteiger partial charge is 0.150 e. The molecule has 3 nitrogen and oxygen atoms in total. The Morgan fingerprint density at radius 2 is 2.00 bits per heavy atom. The van der Waals surface area contributed by atoms with Gasteiger partial charge in [0.15, 0.2) is 0 Å². The summed E-state index contributed by atoms with van der Waals surface area (Å²) < 4.78 is 23.8. The van der Waals surface area contributed by atoms with E-state index >= 15 is 0 Å². The molecule has 0 saturated heterocycles. The number of halogens is 1. The molecular weight excluding hydrogens is 304 g/mol. The molecule has 1 rings (SSSR count). The topological polar surface area (TPSA) is 54.4 Å². The highest BCUT2D eigenvalue weighted by Crippen LogP contribution is 2.27. The van der Waals surface area contributed by atoms with Gasteiger partial charge in [0.25, 0.3) is 0 Å². The summed E-state index contributed by atoms with van der Waals surface area (Å²) in [6.45, 7) is 1.60. The van der Waals surface area contributed by atoms with Gasteiger partial charge in [-0.15, -0.1) is 0 Å². The molecular formula is C12H17BrO3S. The Kier molecular flexibility index (Phi) is 5.62. The van der Waals surface area contributed by atoms with Crippen molar-refractivity contribution in [3.8, 4) is 0 Å². The van der Waals surface area contributed by atoms with Crippen molar-refractivity contribution < 1.29 is 13.5 Å². The number of benzene rings is 1. The number of hydrogen-bond acceptors (Lipinski definition) is 3. The third kappa shape index (κ3) is 4.41. The lowest BCUT2D eigenvalue weighted by Gasteiger charge is -2.15. The van der Waals surface area contributed by atoms with Crippen LogP contribution in [-0.2, 0) is 9.84 Å². The van der Waals surface area contributed by atoms with Crippen LogP contribution in [0.4, 0.5) is 0 Å². The van der Waals surface area contributed by atoms with Crippen LogP contribution >= 0.6 is 15.9 Å². The minimum atomic E-state index is -2.97. The SMILES string of the molecule is CCS(=O)(=O)CCC(CO)c1ccccc1Br. The second-order valence-electron chi connectivity index (χ2n) is 3.93. The van der Waals surface area contributed by atoms with Crippen LogP contribution < -0.4 is 0 Å². The van der Waals surface area contributed by atoms with E-state index in [2.05, 4.69) is 15.9 Å². The van der Waals surface area contributed by atoms with Gasteiger partial charge in [0, 0.05) is 22.8 Å². The fourth-order valence-electron chi connectivity index (χ4n) is 1.62. The highest BCUT2D eigenvalue weighted by atomic mass is 79.9. The second kappa shape index (κ2) is 6.52. The molecule has 0 saturated carbocycles. The van der Waals surface area contributed by atoms with E-state index in [-0.39, 0.29) is 24.0 Å². The molecule has 0 fully saturated rings. The number of aliphatic hydroxyl groups excluding tert-OH is 1. The molecule has 0 aliphatic rings. The molecule has 1 aromatic carbocycles. The van der Waals surface area contributed by atoms with Gasteiger partial charge in [-0.05, 0) is 18.1 Å². The van der Waals surface area contributed by atoms with Crippen molar-refractivity contribution in [3.63, 3.8) is 0 Å². The minimum Gasteiger partial charge on any atom is -0.396 e. The van der Waals surface area contributed by atoms with Gasteiger partial charge in [0.1, 0.15) is 9.84 Å². The molecule has 0 spiro atoms. The van der Waals surface area contributed by atoms with Gasteiger partial charge in [-0.3, -0.25) is 0 Å². The van der Waals surface area contributed by atoms with Gasteiger partial charge in [-0.2, -0.15) is 0 Å². The zero-order chi connectivity index (χ0) is 12.9. The number of hydrogen-bond donors (Lipinski definition) is 1. The van der Waals surface area contributed by atoms with E-state index in [1.807, 2.05) is 24.3 Å². The number of sulfone groups is 1. The van der Waals surface area contributed by atoms with Crippen molar-refractivity contribution >= 4 is 25.8 Å². The molecule has 96 valence electrons. The van der Waals surface area contributed by atoms with Crippen LogP contribution in [0.25, 0.3) is 0 Å². The first-order valence-corrected chi connectivity index (χ1v) is 8.17. The van der Waals surface area contributed by atoms with Crippen LogP contribution in [0.15, 0.2) is 28.7 Å². The number of rotatable bonds is 6. The summed E-state index contributed by atoms with van der Waals surface area (Å²) in [6, 6.07) is 7.58. The Morgan fingerprint density at radius 3 is 2.53 bits per heavy atom. The van der Waals surface area contributed by atoms with E-state index < -0.39 is 9.84 Å². The van der Waals surface area contributed by atoms with Gasteiger partial charge < -0.3 is 5.11 Å². The Bertz CT molecular complexity index is 457. The largest absolute Gasteiger partial charge is 0.396 e. The Morgan fingerprint density at radius 1 is 1.35 bits per heavy atom. The maximum atomic E-state index is 11.4. The van der Waals surface area contributed by atoms with Crippen LogP contribution in [0, 0.1) is 0 Å². The van der Waals surface area contributed by atoms with Gasteiger partial charge >= 0.3 is 0 Å². The molecule has 0 aliphatic heterocycles. The molecule has 0 aromatic heterocycles. The van der Waals surface area contributed by atoms with Crippen molar-refractivity contribution in [1.29, 1.82) is 0 Å². The lowest BCUT2D eigenvalue weighted by atomic mass is 9.98. The molecule has 17 heavy (non-hydrogen) atoms. The first-order chi connectivity index (χ1) is 8.00. The van der Waals surface area contributed by atoms with E-state index in [1.165, 1.54) is 0 Å². The molecule has 0 radical (unpaired) electrons. The molecule has 1 unspecified atom stereocenters. The van der Waals surface area contributed by atoms with E-state index in [1.54, 1.807) is 6.92 Å². The summed E-state index contributed by atoms with van der Waals surface area (Å²) in [5.41, 5.74) is 0.960. The van der Waals surface area contributed by atoms with Crippen LogP contribution in [-0.4, -0.2) is 31.6 Å². The average molecular weight is 321 g/mol. The van der Waals surface area contributed by atoms with Crippen LogP contribution in [0.2, 0.25) is 0 Å². The first-order valence-electron chi connectivity index (χ1n) is 5.56. The zero-order valence-electron chi connectivity index (χ0n) is 9.77. The number of aliphatic hydroxyl groups is 1. The minimum absolute atomic E-state index is 0.0398. The molecule has 0 amide bonds. The third-order valence-electron chi connectivity index (χ3n) is 2.78. The van der Waals surface area contributed by atoms with E-state index in [9.17, 15) is 13.5 Å². The predicted molar refractivity (Wildman–Crippen MR) is 72.9 cm³/mol. The molecule has 0 heterocycles. The van der Waals surface area contributed by atoms with Crippen molar-refractivity contribution in [2.75, 3.05) is 18.1 Å². The highest BCUT2D eigenvalue weighted by Gasteiger charge is 2.17. The fourth-order valence-corrected chi connectivity index (χ4v) is 3.16.